The summed E-state index contributed by atoms with van der Waals surface area (Å²) in [7, 11) is 1.63. The third-order valence-electron chi connectivity index (χ3n) is 4.83. The number of hydrogen-bond acceptors (Lipinski definition) is 6. The minimum Gasteiger partial charge on any atom is -0.508 e. The minimum absolute atomic E-state index is 0.204. The van der Waals surface area contributed by atoms with Crippen molar-refractivity contribution in [3.05, 3.63) is 85.1 Å². The van der Waals surface area contributed by atoms with E-state index in [1.54, 1.807) is 36.1 Å². The van der Waals surface area contributed by atoms with Crippen LogP contribution in [-0.4, -0.2) is 32.2 Å². The van der Waals surface area contributed by atoms with Crippen molar-refractivity contribution >= 4 is 10.9 Å². The predicted octanol–water partition coefficient (Wildman–Crippen LogP) is 4.99. The predicted molar refractivity (Wildman–Crippen MR) is 117 cm³/mol. The summed E-state index contributed by atoms with van der Waals surface area (Å²) >= 11 is 0. The Morgan fingerprint density at radius 2 is 1.52 bits per heavy atom. The lowest BCUT2D eigenvalue weighted by molar-refractivity contribution is 0.413. The summed E-state index contributed by atoms with van der Waals surface area (Å²) in [6.07, 6.45) is 1.81. The lowest BCUT2D eigenvalue weighted by atomic mass is 10.1. The van der Waals surface area contributed by atoms with Crippen LogP contribution in [0, 0.1) is 0 Å². The number of rotatable bonds is 5. The zero-order valence-corrected chi connectivity index (χ0v) is 16.6. The van der Waals surface area contributed by atoms with Gasteiger partial charge in [-0.3, -0.25) is 0 Å². The van der Waals surface area contributed by atoms with E-state index in [1.807, 2.05) is 60.8 Å². The van der Waals surface area contributed by atoms with Crippen molar-refractivity contribution in [1.82, 2.24) is 20.0 Å². The molecule has 5 aromatic rings. The first-order valence-corrected chi connectivity index (χ1v) is 9.63. The number of phenols is 1. The van der Waals surface area contributed by atoms with Crippen molar-refractivity contribution in [2.75, 3.05) is 7.11 Å². The summed E-state index contributed by atoms with van der Waals surface area (Å²) in [6, 6.07) is 23.8. The lowest BCUT2D eigenvalue weighted by Crippen LogP contribution is -1.93. The molecule has 0 atom stereocenters. The number of phenolic OH excluding ortho intramolecular Hbond substituents is 1. The summed E-state index contributed by atoms with van der Waals surface area (Å²) < 4.78 is 12.8. The second kappa shape index (κ2) is 7.79. The molecule has 1 N–H and O–H groups in total. The first kappa shape index (κ1) is 18.6. The summed E-state index contributed by atoms with van der Waals surface area (Å²) in [5.74, 6) is 2.45. The minimum atomic E-state index is 0.204. The molecule has 2 heterocycles. The smallest absolute Gasteiger partial charge is 0.131 e. The highest BCUT2D eigenvalue weighted by Gasteiger charge is 2.09. The zero-order chi connectivity index (χ0) is 21.2. The summed E-state index contributed by atoms with van der Waals surface area (Å²) in [5.41, 5.74) is 3.02. The van der Waals surface area contributed by atoms with Gasteiger partial charge >= 0.3 is 0 Å². The molecule has 152 valence electrons. The summed E-state index contributed by atoms with van der Waals surface area (Å²) in [6.45, 7) is 0. The van der Waals surface area contributed by atoms with Crippen LogP contribution in [-0.2, 0) is 0 Å². The Hall–Kier alpha value is -4.39. The fraction of sp³-hybridized carbons (Fsp3) is 0.0417. The molecule has 0 unspecified atom stereocenters. The van der Waals surface area contributed by atoms with E-state index in [0.717, 1.165) is 39.5 Å². The molecule has 0 saturated carbocycles. The quantitative estimate of drug-likeness (QED) is 0.440. The number of fused-ring (bicyclic) bond motifs is 1. The Labute approximate surface area is 178 Å². The van der Waals surface area contributed by atoms with E-state index < -0.39 is 0 Å². The molecular formula is C24H18N4O3. The van der Waals surface area contributed by atoms with Crippen LogP contribution in [0.5, 0.6) is 23.0 Å². The standard InChI is InChI=1S/C24H18N4O3/c1-30-19-7-9-20(10-8-19)31-21-11-13-22-16(14-21)2-12-23(25-22)24-15-28(27-26-24)17-3-5-18(29)6-4-17/h2-15,29H,1H3. The van der Waals surface area contributed by atoms with Crippen LogP contribution < -0.4 is 9.47 Å². The van der Waals surface area contributed by atoms with E-state index in [-0.39, 0.29) is 5.75 Å². The molecule has 5 rings (SSSR count). The highest BCUT2D eigenvalue weighted by atomic mass is 16.5. The molecule has 0 aliphatic rings. The van der Waals surface area contributed by atoms with Crippen molar-refractivity contribution < 1.29 is 14.6 Å². The maximum absolute atomic E-state index is 9.44. The number of benzene rings is 3. The Morgan fingerprint density at radius 1 is 0.774 bits per heavy atom. The number of hydrogen-bond donors (Lipinski definition) is 1. The summed E-state index contributed by atoms with van der Waals surface area (Å²) in [4.78, 5) is 4.71. The monoisotopic (exact) mass is 410 g/mol. The van der Waals surface area contributed by atoms with Gasteiger partial charge in [0.2, 0.25) is 0 Å². The molecular weight excluding hydrogens is 392 g/mol. The van der Waals surface area contributed by atoms with Gasteiger partial charge in [-0.2, -0.15) is 0 Å². The topological polar surface area (TPSA) is 82.3 Å². The van der Waals surface area contributed by atoms with Crippen molar-refractivity contribution in [1.29, 1.82) is 0 Å². The number of pyridine rings is 1. The average Bonchev–Trinajstić information content (AvgIpc) is 3.30. The second-order valence-corrected chi connectivity index (χ2v) is 6.89. The number of methoxy groups -OCH3 is 1. The molecule has 7 nitrogen and oxygen atoms in total. The number of aromatic hydroxyl groups is 1. The van der Waals surface area contributed by atoms with Crippen LogP contribution in [0.25, 0.3) is 28.0 Å². The van der Waals surface area contributed by atoms with Gasteiger partial charge in [0.15, 0.2) is 0 Å². The lowest BCUT2D eigenvalue weighted by Gasteiger charge is -2.08. The molecule has 31 heavy (non-hydrogen) atoms. The Morgan fingerprint density at radius 3 is 2.29 bits per heavy atom. The van der Waals surface area contributed by atoms with Crippen LogP contribution >= 0.6 is 0 Å². The van der Waals surface area contributed by atoms with Gasteiger partial charge in [-0.25, -0.2) is 9.67 Å². The van der Waals surface area contributed by atoms with Crippen LogP contribution in [0.15, 0.2) is 85.1 Å². The van der Waals surface area contributed by atoms with Gasteiger partial charge in [0.05, 0.1) is 30.2 Å². The number of aromatic nitrogens is 4. The average molecular weight is 410 g/mol. The molecule has 0 fully saturated rings. The van der Waals surface area contributed by atoms with Gasteiger partial charge in [0, 0.05) is 5.39 Å². The fourth-order valence-electron chi connectivity index (χ4n) is 3.20. The Balaban J connectivity index is 1.39. The zero-order valence-electron chi connectivity index (χ0n) is 16.6. The van der Waals surface area contributed by atoms with Gasteiger partial charge < -0.3 is 14.6 Å². The molecule has 3 aromatic carbocycles. The summed E-state index contributed by atoms with van der Waals surface area (Å²) in [5, 5.41) is 18.8. The number of nitrogens with zero attached hydrogens (tertiary/aromatic N) is 4. The van der Waals surface area contributed by atoms with Crippen LogP contribution in [0.4, 0.5) is 0 Å². The van der Waals surface area contributed by atoms with Crippen LogP contribution in [0.1, 0.15) is 0 Å². The van der Waals surface area contributed by atoms with E-state index in [0.29, 0.717) is 5.69 Å². The Bertz CT molecular complexity index is 1350. The fourth-order valence-corrected chi connectivity index (χ4v) is 3.20. The third-order valence-corrected chi connectivity index (χ3v) is 4.83. The van der Waals surface area contributed by atoms with Gasteiger partial charge in [-0.15, -0.1) is 5.10 Å². The molecule has 0 aliphatic carbocycles. The van der Waals surface area contributed by atoms with Gasteiger partial charge in [-0.05, 0) is 72.8 Å². The maximum atomic E-state index is 9.44. The maximum Gasteiger partial charge on any atom is 0.131 e. The van der Waals surface area contributed by atoms with Crippen LogP contribution in [0.3, 0.4) is 0 Å². The molecule has 7 heteroatoms. The molecule has 0 amide bonds. The third kappa shape index (κ3) is 3.89. The van der Waals surface area contributed by atoms with E-state index in [4.69, 9.17) is 14.5 Å². The van der Waals surface area contributed by atoms with Crippen LogP contribution in [0.2, 0.25) is 0 Å². The first-order valence-electron chi connectivity index (χ1n) is 9.63. The van der Waals surface area contributed by atoms with Crippen molar-refractivity contribution in [3.63, 3.8) is 0 Å². The second-order valence-electron chi connectivity index (χ2n) is 6.89. The molecule has 0 spiro atoms. The van der Waals surface area contributed by atoms with E-state index in [2.05, 4.69) is 10.3 Å². The SMILES string of the molecule is COc1ccc(Oc2ccc3nc(-c4cn(-c5ccc(O)cc5)nn4)ccc3c2)cc1. The van der Waals surface area contributed by atoms with E-state index in [9.17, 15) is 5.11 Å². The van der Waals surface area contributed by atoms with Crippen molar-refractivity contribution in [2.24, 2.45) is 0 Å². The van der Waals surface area contributed by atoms with E-state index in [1.165, 1.54) is 0 Å². The number of ether oxygens (including phenoxy) is 2. The molecule has 0 aliphatic heterocycles. The molecule has 0 saturated heterocycles. The highest BCUT2D eigenvalue weighted by Crippen LogP contribution is 2.28. The van der Waals surface area contributed by atoms with E-state index >= 15 is 0 Å². The Kier molecular flexibility index (Phi) is 4.68. The van der Waals surface area contributed by atoms with Crippen molar-refractivity contribution in [2.45, 2.75) is 0 Å². The molecule has 0 bridgehead atoms. The molecule has 2 aromatic heterocycles. The van der Waals surface area contributed by atoms with Crippen molar-refractivity contribution in [3.8, 4) is 40.1 Å². The normalized spacial score (nSPS) is 10.9. The first-order chi connectivity index (χ1) is 15.2. The van der Waals surface area contributed by atoms with Gasteiger partial charge in [0.25, 0.3) is 0 Å². The van der Waals surface area contributed by atoms with Gasteiger partial charge in [0.1, 0.15) is 28.7 Å². The van der Waals surface area contributed by atoms with Gasteiger partial charge in [-0.1, -0.05) is 11.3 Å². The largest absolute Gasteiger partial charge is 0.508 e. The molecule has 0 radical (unpaired) electrons. The highest BCUT2D eigenvalue weighted by molar-refractivity contribution is 5.82.